The molecule has 1 aliphatic rings. The first-order valence-corrected chi connectivity index (χ1v) is 7.87. The van der Waals surface area contributed by atoms with E-state index in [2.05, 4.69) is 6.07 Å². The van der Waals surface area contributed by atoms with Gasteiger partial charge in [-0.15, -0.1) is 11.8 Å². The van der Waals surface area contributed by atoms with Crippen molar-refractivity contribution in [2.45, 2.75) is 17.7 Å². The molecule has 0 unspecified atom stereocenters. The lowest BCUT2D eigenvalue weighted by molar-refractivity contribution is 0.0992. The van der Waals surface area contributed by atoms with Gasteiger partial charge in [0.1, 0.15) is 17.6 Å². The van der Waals surface area contributed by atoms with E-state index in [-0.39, 0.29) is 5.78 Å². The monoisotopic (exact) mass is 295 g/mol. The molecule has 0 bridgehead atoms. The third-order valence-electron chi connectivity index (χ3n) is 3.56. The van der Waals surface area contributed by atoms with Gasteiger partial charge in [-0.2, -0.15) is 5.26 Å². The molecule has 3 rings (SSSR count). The van der Waals surface area contributed by atoms with Crippen molar-refractivity contribution in [1.29, 1.82) is 5.26 Å². The summed E-state index contributed by atoms with van der Waals surface area (Å²) in [7, 11) is 0. The van der Waals surface area contributed by atoms with Crippen molar-refractivity contribution in [3.05, 3.63) is 53.1 Å². The molecule has 104 valence electrons. The summed E-state index contributed by atoms with van der Waals surface area (Å²) in [5.74, 6) is 1.38. The van der Waals surface area contributed by atoms with E-state index in [1.54, 1.807) is 30.0 Å². The highest BCUT2D eigenvalue weighted by atomic mass is 32.2. The number of hydrogen-bond acceptors (Lipinski definition) is 4. The molecular formula is C17H13NO2S. The molecule has 3 nitrogen and oxygen atoms in total. The maximum atomic E-state index is 12.1. The molecule has 2 aromatic rings. The zero-order chi connectivity index (χ0) is 14.8. The van der Waals surface area contributed by atoms with Gasteiger partial charge in [0.25, 0.3) is 0 Å². The molecule has 0 saturated carbocycles. The van der Waals surface area contributed by atoms with Crippen LogP contribution in [0.15, 0.2) is 41.3 Å². The molecule has 0 fully saturated rings. The summed E-state index contributed by atoms with van der Waals surface area (Å²) in [6.45, 7) is 0. The minimum absolute atomic E-state index is 0.174. The molecule has 21 heavy (non-hydrogen) atoms. The van der Waals surface area contributed by atoms with Crippen LogP contribution >= 0.6 is 11.8 Å². The molecule has 0 amide bonds. The molecule has 2 aromatic carbocycles. The van der Waals surface area contributed by atoms with Gasteiger partial charge < -0.3 is 4.74 Å². The third-order valence-corrected chi connectivity index (χ3v) is 4.34. The van der Waals surface area contributed by atoms with Crippen LogP contribution in [0.3, 0.4) is 0 Å². The van der Waals surface area contributed by atoms with Gasteiger partial charge in [-0.1, -0.05) is 12.1 Å². The van der Waals surface area contributed by atoms with Crippen molar-refractivity contribution < 1.29 is 9.53 Å². The second kappa shape index (κ2) is 5.63. The normalized spacial score (nSPS) is 12.9. The van der Waals surface area contributed by atoms with Gasteiger partial charge in [-0.25, -0.2) is 0 Å². The number of rotatable bonds is 3. The number of benzene rings is 2. The Labute approximate surface area is 127 Å². The van der Waals surface area contributed by atoms with E-state index in [4.69, 9.17) is 10.00 Å². The van der Waals surface area contributed by atoms with Crippen LogP contribution in [0.4, 0.5) is 0 Å². The summed E-state index contributed by atoms with van der Waals surface area (Å²) >= 11 is 1.57. The highest BCUT2D eigenvalue weighted by Crippen LogP contribution is 2.39. The number of ketones is 1. The lowest BCUT2D eigenvalue weighted by Gasteiger charge is -2.13. The van der Waals surface area contributed by atoms with E-state index in [9.17, 15) is 4.79 Å². The highest BCUT2D eigenvalue weighted by Gasteiger charge is 2.26. The fourth-order valence-corrected chi connectivity index (χ4v) is 3.20. The summed E-state index contributed by atoms with van der Waals surface area (Å²) in [6.07, 6.45) is 3.20. The maximum absolute atomic E-state index is 12.1. The Bertz CT molecular complexity index is 762. The minimum atomic E-state index is 0.174. The predicted octanol–water partition coefficient (Wildman–Crippen LogP) is 4.20. The largest absolute Gasteiger partial charge is 0.456 e. The molecule has 0 spiro atoms. The Kier molecular flexibility index (Phi) is 3.68. The highest BCUT2D eigenvalue weighted by molar-refractivity contribution is 7.98. The SMILES string of the molecule is CSc1ccc(Oc2ccccc2C#N)c2c1C(=O)CC2. The number of carbonyl (C=O) groups is 1. The van der Waals surface area contributed by atoms with Crippen LogP contribution in [0.1, 0.15) is 27.9 Å². The van der Waals surface area contributed by atoms with E-state index in [1.807, 2.05) is 24.5 Å². The number of carbonyl (C=O) groups excluding carboxylic acids is 1. The Morgan fingerprint density at radius 3 is 2.71 bits per heavy atom. The molecule has 0 atom stereocenters. The van der Waals surface area contributed by atoms with E-state index in [0.717, 1.165) is 16.0 Å². The van der Waals surface area contributed by atoms with Gasteiger partial charge in [0.05, 0.1) is 5.56 Å². The van der Waals surface area contributed by atoms with Crippen LogP contribution in [0.25, 0.3) is 0 Å². The van der Waals surface area contributed by atoms with Gasteiger partial charge in [-0.05, 0) is 36.9 Å². The topological polar surface area (TPSA) is 50.1 Å². The second-order valence-corrected chi connectivity index (χ2v) is 5.60. The number of thioether (sulfide) groups is 1. The van der Waals surface area contributed by atoms with Crippen molar-refractivity contribution in [2.75, 3.05) is 6.26 Å². The van der Waals surface area contributed by atoms with E-state index in [1.165, 1.54) is 0 Å². The lowest BCUT2D eigenvalue weighted by atomic mass is 10.1. The average molecular weight is 295 g/mol. The quantitative estimate of drug-likeness (QED) is 0.796. The van der Waals surface area contributed by atoms with Gasteiger partial charge in [0, 0.05) is 22.4 Å². The van der Waals surface area contributed by atoms with Crippen molar-refractivity contribution in [3.63, 3.8) is 0 Å². The zero-order valence-electron chi connectivity index (χ0n) is 11.6. The van der Waals surface area contributed by atoms with E-state index < -0.39 is 0 Å². The standard InChI is InChI=1S/C17H13NO2S/c1-21-16-9-8-15(12-6-7-13(19)17(12)16)20-14-5-3-2-4-11(14)10-18/h2-5,8-9H,6-7H2,1H3. The van der Waals surface area contributed by atoms with E-state index >= 15 is 0 Å². The molecule has 0 heterocycles. The third kappa shape index (κ3) is 2.41. The first-order chi connectivity index (χ1) is 10.2. The van der Waals surface area contributed by atoms with Gasteiger partial charge in [0.2, 0.25) is 0 Å². The summed E-state index contributed by atoms with van der Waals surface area (Å²) in [4.78, 5) is 13.0. The number of hydrogen-bond donors (Lipinski definition) is 0. The number of Topliss-reactive ketones (excluding diaryl/α,β-unsaturated/α-hetero) is 1. The molecule has 0 radical (unpaired) electrons. The van der Waals surface area contributed by atoms with E-state index in [0.29, 0.717) is 29.9 Å². The Balaban J connectivity index is 2.05. The summed E-state index contributed by atoms with van der Waals surface area (Å²) in [6, 6.07) is 13.0. The van der Waals surface area contributed by atoms with Crippen LogP contribution in [-0.2, 0) is 6.42 Å². The maximum Gasteiger partial charge on any atom is 0.164 e. The Morgan fingerprint density at radius 1 is 1.14 bits per heavy atom. The van der Waals surface area contributed by atoms with Gasteiger partial charge in [-0.3, -0.25) is 4.79 Å². The molecular weight excluding hydrogens is 282 g/mol. The first-order valence-electron chi connectivity index (χ1n) is 6.64. The number of nitriles is 1. The number of para-hydroxylation sites is 1. The summed E-state index contributed by atoms with van der Waals surface area (Å²) in [5.41, 5.74) is 2.23. The van der Waals surface area contributed by atoms with Crippen LogP contribution in [0.2, 0.25) is 0 Å². The summed E-state index contributed by atoms with van der Waals surface area (Å²) in [5, 5.41) is 9.13. The predicted molar refractivity (Wildman–Crippen MR) is 82.1 cm³/mol. The number of fused-ring (bicyclic) bond motifs is 1. The second-order valence-electron chi connectivity index (χ2n) is 4.75. The van der Waals surface area contributed by atoms with Crippen LogP contribution < -0.4 is 4.74 Å². The van der Waals surface area contributed by atoms with Crippen molar-refractivity contribution in [3.8, 4) is 17.6 Å². The minimum Gasteiger partial charge on any atom is -0.456 e. The van der Waals surface area contributed by atoms with Crippen molar-refractivity contribution in [1.82, 2.24) is 0 Å². The first kappa shape index (κ1) is 13.7. The fourth-order valence-electron chi connectivity index (χ4n) is 2.56. The smallest absolute Gasteiger partial charge is 0.164 e. The zero-order valence-corrected chi connectivity index (χ0v) is 12.4. The Morgan fingerprint density at radius 2 is 1.95 bits per heavy atom. The van der Waals surface area contributed by atoms with Crippen LogP contribution in [0, 0.1) is 11.3 Å². The summed E-state index contributed by atoms with van der Waals surface area (Å²) < 4.78 is 5.91. The molecule has 0 aromatic heterocycles. The Hall–Kier alpha value is -2.25. The number of nitrogens with zero attached hydrogens (tertiary/aromatic N) is 1. The average Bonchev–Trinajstić information content (AvgIpc) is 2.91. The van der Waals surface area contributed by atoms with Crippen LogP contribution in [-0.4, -0.2) is 12.0 Å². The lowest BCUT2D eigenvalue weighted by Crippen LogP contribution is -1.97. The molecule has 0 N–H and O–H groups in total. The molecule has 1 aliphatic carbocycles. The number of ether oxygens (including phenoxy) is 1. The van der Waals surface area contributed by atoms with Gasteiger partial charge >= 0.3 is 0 Å². The van der Waals surface area contributed by atoms with Crippen LogP contribution in [0.5, 0.6) is 11.5 Å². The molecule has 0 aliphatic heterocycles. The van der Waals surface area contributed by atoms with Gasteiger partial charge in [0.15, 0.2) is 5.78 Å². The van der Waals surface area contributed by atoms with Crippen molar-refractivity contribution >= 4 is 17.5 Å². The molecule has 4 heteroatoms. The molecule has 0 saturated heterocycles. The van der Waals surface area contributed by atoms with Crippen molar-refractivity contribution in [2.24, 2.45) is 0 Å². The fraction of sp³-hybridized carbons (Fsp3) is 0.176.